The van der Waals surface area contributed by atoms with Gasteiger partial charge in [0.15, 0.2) is 0 Å². The summed E-state index contributed by atoms with van der Waals surface area (Å²) in [6.45, 7) is 4.34. The van der Waals surface area contributed by atoms with Crippen molar-refractivity contribution in [3.8, 4) is 5.75 Å². The first-order chi connectivity index (χ1) is 16.1. The number of aromatic nitrogens is 2. The fourth-order valence-electron chi connectivity index (χ4n) is 4.42. The van der Waals surface area contributed by atoms with E-state index in [1.54, 1.807) is 11.3 Å². The molecule has 0 bridgehead atoms. The molecule has 2 aromatic heterocycles. The molecule has 0 unspecified atom stereocenters. The second-order valence-electron chi connectivity index (χ2n) is 8.62. The Hall–Kier alpha value is -3.16. The molecule has 6 nitrogen and oxygen atoms in total. The molecule has 0 fully saturated rings. The number of hydrogen-bond donors (Lipinski definition) is 1. The molecule has 170 valence electrons. The van der Waals surface area contributed by atoms with Crippen molar-refractivity contribution in [2.24, 2.45) is 7.05 Å². The van der Waals surface area contributed by atoms with E-state index in [1.165, 1.54) is 5.56 Å². The third-order valence-electron chi connectivity index (χ3n) is 6.14. The first kappa shape index (κ1) is 21.7. The van der Waals surface area contributed by atoms with Gasteiger partial charge in [-0.25, -0.2) is 4.98 Å². The summed E-state index contributed by atoms with van der Waals surface area (Å²) in [6, 6.07) is 16.5. The summed E-state index contributed by atoms with van der Waals surface area (Å²) >= 11 is 1.66. The Bertz CT molecular complexity index is 1260. The zero-order chi connectivity index (χ0) is 22.8. The molecule has 33 heavy (non-hydrogen) atoms. The number of hydrogen-bond acceptors (Lipinski definition) is 5. The minimum atomic E-state index is -0.0898. The number of nitrogens with zero attached hydrogens (tertiary/aromatic N) is 3. The first-order valence-corrected chi connectivity index (χ1v) is 12.2. The van der Waals surface area contributed by atoms with Crippen molar-refractivity contribution in [2.75, 3.05) is 19.6 Å². The number of aryl methyl sites for hydroxylation is 2. The molecule has 0 aliphatic carbocycles. The van der Waals surface area contributed by atoms with Crippen LogP contribution in [0.2, 0.25) is 0 Å². The van der Waals surface area contributed by atoms with Crippen LogP contribution in [0.1, 0.15) is 28.6 Å². The van der Waals surface area contributed by atoms with Crippen LogP contribution < -0.4 is 10.1 Å². The number of benzene rings is 2. The van der Waals surface area contributed by atoms with E-state index in [4.69, 9.17) is 9.72 Å². The number of amides is 1. The van der Waals surface area contributed by atoms with Gasteiger partial charge in [0.25, 0.3) is 0 Å². The first-order valence-electron chi connectivity index (χ1n) is 11.2. The molecular formula is C26H28N4O2S. The summed E-state index contributed by atoms with van der Waals surface area (Å²) in [5.74, 6) is 1.90. The minimum absolute atomic E-state index is 0.0222. The lowest BCUT2D eigenvalue weighted by Crippen LogP contribution is -2.39. The van der Waals surface area contributed by atoms with E-state index in [1.807, 2.05) is 31.3 Å². The monoisotopic (exact) mass is 460 g/mol. The van der Waals surface area contributed by atoms with Gasteiger partial charge in [0.2, 0.25) is 5.91 Å². The average Bonchev–Trinajstić information content (AvgIpc) is 3.40. The molecule has 0 spiro atoms. The predicted molar refractivity (Wildman–Crippen MR) is 132 cm³/mol. The van der Waals surface area contributed by atoms with E-state index >= 15 is 0 Å². The highest BCUT2D eigenvalue weighted by Gasteiger charge is 2.26. The van der Waals surface area contributed by atoms with Crippen LogP contribution in [0.4, 0.5) is 0 Å². The highest BCUT2D eigenvalue weighted by Crippen LogP contribution is 2.32. The molecule has 1 aliphatic rings. The standard InChI is InChI=1S/C26H28N4O2S/c1-18-7-8-23-20(13-18)14-30(15-24(32-23)19-10-12-33-17-19)16-26(31)27-11-9-25-28-21-5-3-4-6-22(21)29(25)2/h3-8,10,12-13,17,24H,9,11,14-16H2,1-2H3,(H,27,31)/t24-/m1/s1. The molecule has 2 aromatic carbocycles. The smallest absolute Gasteiger partial charge is 0.234 e. The van der Waals surface area contributed by atoms with E-state index in [9.17, 15) is 4.79 Å². The van der Waals surface area contributed by atoms with Crippen LogP contribution in [-0.2, 0) is 24.8 Å². The van der Waals surface area contributed by atoms with Gasteiger partial charge in [0.1, 0.15) is 17.7 Å². The Labute approximate surface area is 197 Å². The van der Waals surface area contributed by atoms with Gasteiger partial charge in [-0.15, -0.1) is 0 Å². The van der Waals surface area contributed by atoms with Crippen LogP contribution >= 0.6 is 11.3 Å². The number of carbonyl (C=O) groups excluding carboxylic acids is 1. The van der Waals surface area contributed by atoms with E-state index in [0.717, 1.165) is 33.7 Å². The predicted octanol–water partition coefficient (Wildman–Crippen LogP) is 4.24. The van der Waals surface area contributed by atoms with Gasteiger partial charge in [-0.05, 0) is 41.9 Å². The Kier molecular flexibility index (Phi) is 6.15. The van der Waals surface area contributed by atoms with Crippen molar-refractivity contribution >= 4 is 28.3 Å². The number of carbonyl (C=O) groups is 1. The quantitative estimate of drug-likeness (QED) is 0.468. The number of ether oxygens (including phenoxy) is 1. The van der Waals surface area contributed by atoms with Crippen LogP contribution in [0.15, 0.2) is 59.3 Å². The number of thiophene rings is 1. The van der Waals surface area contributed by atoms with Crippen molar-refractivity contribution in [3.05, 3.63) is 81.8 Å². The lowest BCUT2D eigenvalue weighted by atomic mass is 10.1. The molecular weight excluding hydrogens is 432 g/mol. The summed E-state index contributed by atoms with van der Waals surface area (Å²) < 4.78 is 8.47. The lowest BCUT2D eigenvalue weighted by Gasteiger charge is -2.23. The van der Waals surface area contributed by atoms with Gasteiger partial charge in [0.05, 0.1) is 17.6 Å². The maximum absolute atomic E-state index is 12.8. The van der Waals surface area contributed by atoms with Gasteiger partial charge in [-0.3, -0.25) is 9.69 Å². The number of fused-ring (bicyclic) bond motifs is 2. The fourth-order valence-corrected chi connectivity index (χ4v) is 5.12. The van der Waals surface area contributed by atoms with Crippen molar-refractivity contribution in [1.82, 2.24) is 19.8 Å². The van der Waals surface area contributed by atoms with Crippen LogP contribution in [0, 0.1) is 6.92 Å². The summed E-state index contributed by atoms with van der Waals surface area (Å²) in [4.78, 5) is 19.7. The number of para-hydroxylation sites is 2. The topological polar surface area (TPSA) is 59.4 Å². The second-order valence-corrected chi connectivity index (χ2v) is 9.40. The van der Waals surface area contributed by atoms with Gasteiger partial charge in [-0.1, -0.05) is 29.8 Å². The molecule has 0 saturated carbocycles. The Morgan fingerprint density at radius 3 is 2.94 bits per heavy atom. The third-order valence-corrected chi connectivity index (χ3v) is 6.84. The normalized spacial score (nSPS) is 16.2. The fraction of sp³-hybridized carbons (Fsp3) is 0.308. The maximum Gasteiger partial charge on any atom is 0.234 e. The number of imidazole rings is 1. The molecule has 1 aliphatic heterocycles. The van der Waals surface area contributed by atoms with Crippen molar-refractivity contribution in [1.29, 1.82) is 0 Å². The average molecular weight is 461 g/mol. The third kappa shape index (κ3) is 4.79. The summed E-state index contributed by atoms with van der Waals surface area (Å²) in [7, 11) is 2.02. The van der Waals surface area contributed by atoms with Crippen LogP contribution in [0.3, 0.4) is 0 Å². The van der Waals surface area contributed by atoms with Crippen LogP contribution in [0.25, 0.3) is 11.0 Å². The minimum Gasteiger partial charge on any atom is -0.484 e. The molecule has 1 atom stereocenters. The zero-order valence-electron chi connectivity index (χ0n) is 19.0. The summed E-state index contributed by atoms with van der Waals surface area (Å²) in [5, 5.41) is 7.27. The Morgan fingerprint density at radius 2 is 2.12 bits per heavy atom. The lowest BCUT2D eigenvalue weighted by molar-refractivity contribution is -0.122. The van der Waals surface area contributed by atoms with E-state index < -0.39 is 0 Å². The Balaban J connectivity index is 1.24. The van der Waals surface area contributed by atoms with Crippen molar-refractivity contribution < 1.29 is 9.53 Å². The van der Waals surface area contributed by atoms with Crippen molar-refractivity contribution in [2.45, 2.75) is 26.0 Å². The van der Waals surface area contributed by atoms with Crippen molar-refractivity contribution in [3.63, 3.8) is 0 Å². The summed E-state index contributed by atoms with van der Waals surface area (Å²) in [5.41, 5.74) is 5.57. The molecule has 1 N–H and O–H groups in total. The Morgan fingerprint density at radius 1 is 1.24 bits per heavy atom. The molecule has 0 saturated heterocycles. The zero-order valence-corrected chi connectivity index (χ0v) is 19.8. The van der Waals surface area contributed by atoms with Gasteiger partial charge in [-0.2, -0.15) is 11.3 Å². The highest BCUT2D eigenvalue weighted by molar-refractivity contribution is 7.07. The highest BCUT2D eigenvalue weighted by atomic mass is 32.1. The molecule has 4 aromatic rings. The van der Waals surface area contributed by atoms with Gasteiger partial charge >= 0.3 is 0 Å². The molecule has 7 heteroatoms. The number of rotatable bonds is 6. The SMILES string of the molecule is Cc1ccc2c(c1)CN(CC(=O)NCCc1nc3ccccc3n1C)C[C@H](c1ccsc1)O2. The largest absolute Gasteiger partial charge is 0.484 e. The van der Waals surface area contributed by atoms with E-state index in [2.05, 4.69) is 56.7 Å². The van der Waals surface area contributed by atoms with Crippen LogP contribution in [0.5, 0.6) is 5.75 Å². The van der Waals surface area contributed by atoms with Gasteiger partial charge in [0, 0.05) is 44.2 Å². The molecule has 0 radical (unpaired) electrons. The van der Waals surface area contributed by atoms with Gasteiger partial charge < -0.3 is 14.6 Å². The van der Waals surface area contributed by atoms with E-state index in [0.29, 0.717) is 32.6 Å². The maximum atomic E-state index is 12.8. The molecule has 5 rings (SSSR count). The summed E-state index contributed by atoms with van der Waals surface area (Å²) in [6.07, 6.45) is 0.604. The molecule has 1 amide bonds. The van der Waals surface area contributed by atoms with Crippen LogP contribution in [-0.4, -0.2) is 40.0 Å². The second kappa shape index (κ2) is 9.37. The molecule has 3 heterocycles. The number of nitrogens with one attached hydrogen (secondary N) is 1. The van der Waals surface area contributed by atoms with E-state index in [-0.39, 0.29) is 12.0 Å².